The molecule has 4 nitrogen and oxygen atoms in total. The summed E-state index contributed by atoms with van der Waals surface area (Å²) >= 11 is 1.67. The molecule has 0 fully saturated rings. The Morgan fingerprint density at radius 1 is 0.543 bits per heavy atom. The molecule has 5 aromatic rings. The molecule has 46 heavy (non-hydrogen) atoms. The molecule has 0 N–H and O–H groups in total. The van der Waals surface area contributed by atoms with E-state index in [0.717, 1.165) is 18.2 Å². The van der Waals surface area contributed by atoms with Crippen LogP contribution in [0, 0.1) is 0 Å². The Bertz CT molecular complexity index is 1420. The van der Waals surface area contributed by atoms with E-state index in [1.165, 1.54) is 20.7 Å². The molecular formula is C39H48N2O2SSi2. The highest BCUT2D eigenvalue weighted by atomic mass is 32.1. The van der Waals surface area contributed by atoms with Gasteiger partial charge in [-0.15, -0.1) is 11.3 Å². The van der Waals surface area contributed by atoms with Gasteiger partial charge in [0.2, 0.25) is 0 Å². The summed E-state index contributed by atoms with van der Waals surface area (Å²) in [6.07, 6.45) is 1.89. The van der Waals surface area contributed by atoms with Crippen molar-refractivity contribution in [3.63, 3.8) is 0 Å². The quantitative estimate of drug-likeness (QED) is 0.126. The van der Waals surface area contributed by atoms with Gasteiger partial charge >= 0.3 is 0 Å². The number of nitrogens with zero attached hydrogens (tertiary/aromatic N) is 2. The minimum Gasteiger partial charge on any atom is -0.406 e. The van der Waals surface area contributed by atoms with Gasteiger partial charge in [0.1, 0.15) is 0 Å². The van der Waals surface area contributed by atoms with Crippen LogP contribution in [0.4, 0.5) is 5.13 Å². The second-order valence-corrected chi connectivity index (χ2v) is 23.3. The van der Waals surface area contributed by atoms with E-state index in [9.17, 15) is 0 Å². The van der Waals surface area contributed by atoms with Crippen LogP contribution in [0.1, 0.15) is 41.5 Å². The number of rotatable bonds is 13. The highest BCUT2D eigenvalue weighted by Gasteiger charge is 2.51. The van der Waals surface area contributed by atoms with Gasteiger partial charge in [0.25, 0.3) is 16.6 Å². The van der Waals surface area contributed by atoms with E-state index >= 15 is 0 Å². The molecule has 5 rings (SSSR count). The molecule has 0 saturated heterocycles. The van der Waals surface area contributed by atoms with Gasteiger partial charge in [-0.05, 0) is 30.8 Å². The molecule has 0 amide bonds. The third-order valence-corrected chi connectivity index (χ3v) is 19.8. The summed E-state index contributed by atoms with van der Waals surface area (Å²) in [5.74, 6) is 0. The maximum absolute atomic E-state index is 7.28. The lowest BCUT2D eigenvalue weighted by molar-refractivity contribution is 0.285. The van der Waals surface area contributed by atoms with Crippen LogP contribution in [-0.2, 0) is 8.85 Å². The number of anilines is 1. The lowest BCUT2D eigenvalue weighted by Crippen LogP contribution is -2.67. The average molecular weight is 665 g/mol. The Hall–Kier alpha value is -3.34. The van der Waals surface area contributed by atoms with Gasteiger partial charge in [-0.3, -0.25) is 0 Å². The first-order valence-electron chi connectivity index (χ1n) is 16.2. The van der Waals surface area contributed by atoms with E-state index < -0.39 is 16.6 Å². The number of hydrogen-bond acceptors (Lipinski definition) is 5. The normalized spacial score (nSPS) is 12.7. The van der Waals surface area contributed by atoms with Crippen molar-refractivity contribution < 1.29 is 8.85 Å². The van der Waals surface area contributed by atoms with Crippen LogP contribution in [0.3, 0.4) is 0 Å². The van der Waals surface area contributed by atoms with Crippen molar-refractivity contribution in [3.8, 4) is 0 Å². The molecule has 0 radical (unpaired) electrons. The fourth-order valence-corrected chi connectivity index (χ4v) is 16.6. The summed E-state index contributed by atoms with van der Waals surface area (Å²) in [6.45, 7) is 16.6. The molecule has 0 saturated carbocycles. The lowest BCUT2D eigenvalue weighted by Gasteiger charge is -2.44. The molecule has 0 atom stereocenters. The molecule has 0 bridgehead atoms. The van der Waals surface area contributed by atoms with Crippen LogP contribution in [0.5, 0.6) is 0 Å². The molecule has 1 aromatic heterocycles. The largest absolute Gasteiger partial charge is 0.406 e. The molecule has 0 aliphatic heterocycles. The zero-order valence-corrected chi connectivity index (χ0v) is 31.0. The molecule has 0 unspecified atom stereocenters. The van der Waals surface area contributed by atoms with Crippen LogP contribution in [0.15, 0.2) is 133 Å². The maximum atomic E-state index is 7.28. The van der Waals surface area contributed by atoms with E-state index in [1.54, 1.807) is 11.3 Å². The minimum absolute atomic E-state index is 0.0753. The van der Waals surface area contributed by atoms with Crippen LogP contribution in [-0.4, -0.2) is 47.9 Å². The van der Waals surface area contributed by atoms with Gasteiger partial charge in [0.15, 0.2) is 5.13 Å². The number of thiazole rings is 1. The summed E-state index contributed by atoms with van der Waals surface area (Å²) < 4.78 is 14.6. The van der Waals surface area contributed by atoms with Crippen molar-refractivity contribution in [2.24, 2.45) is 0 Å². The summed E-state index contributed by atoms with van der Waals surface area (Å²) in [4.78, 5) is 7.08. The van der Waals surface area contributed by atoms with Crippen molar-refractivity contribution >= 4 is 53.9 Å². The molecule has 0 aliphatic rings. The first-order chi connectivity index (χ1) is 22.1. The molecule has 7 heteroatoms. The Kier molecular flexibility index (Phi) is 10.8. The molecule has 240 valence electrons. The molecule has 0 spiro atoms. The van der Waals surface area contributed by atoms with Crippen molar-refractivity contribution in [2.75, 3.05) is 31.2 Å². The van der Waals surface area contributed by atoms with Crippen LogP contribution in [0.25, 0.3) is 0 Å². The predicted molar refractivity (Wildman–Crippen MR) is 201 cm³/mol. The highest BCUT2D eigenvalue weighted by Crippen LogP contribution is 2.38. The molecule has 4 aromatic carbocycles. The minimum atomic E-state index is -2.64. The summed E-state index contributed by atoms with van der Waals surface area (Å²) in [7, 11) is -5.29. The zero-order valence-electron chi connectivity index (χ0n) is 28.1. The van der Waals surface area contributed by atoms with Crippen LogP contribution < -0.4 is 25.6 Å². The van der Waals surface area contributed by atoms with Gasteiger partial charge in [-0.25, -0.2) is 4.98 Å². The van der Waals surface area contributed by atoms with Crippen LogP contribution >= 0.6 is 11.3 Å². The SMILES string of the molecule is CC(C)(C)[Si](OCCN(CCO[Si](c1ccccc1)(c1ccccc1)C(C)(C)C)c1nccs1)(c1ccccc1)c1ccccc1. The average Bonchev–Trinajstić information content (AvgIpc) is 3.60. The first-order valence-corrected chi connectivity index (χ1v) is 20.9. The standard InChI is InChI=1S/C39H48N2O2SSi2/c1-38(2,3)45(33-19-11-7-12-20-33,34-21-13-8-14-22-34)42-30-28-41(37-40-27-32-44-37)29-31-43-46(39(4,5)6,35-23-15-9-16-24-35)36-25-17-10-18-26-36/h7-27,32H,28-31H2,1-6H3. The monoisotopic (exact) mass is 664 g/mol. The second-order valence-electron chi connectivity index (χ2n) is 13.8. The van der Waals surface area contributed by atoms with Gasteiger partial charge in [-0.2, -0.15) is 0 Å². The third kappa shape index (κ3) is 6.99. The van der Waals surface area contributed by atoms with E-state index in [-0.39, 0.29) is 10.1 Å². The van der Waals surface area contributed by atoms with Crippen molar-refractivity contribution in [3.05, 3.63) is 133 Å². The maximum Gasteiger partial charge on any atom is 0.261 e. The van der Waals surface area contributed by atoms with Crippen molar-refractivity contribution in [1.29, 1.82) is 0 Å². The third-order valence-electron chi connectivity index (χ3n) is 8.88. The van der Waals surface area contributed by atoms with E-state index in [1.807, 2.05) is 11.6 Å². The molecular weight excluding hydrogens is 617 g/mol. The molecule has 0 aliphatic carbocycles. The van der Waals surface area contributed by atoms with E-state index in [4.69, 9.17) is 13.8 Å². The fraction of sp³-hybridized carbons (Fsp3) is 0.308. The van der Waals surface area contributed by atoms with E-state index in [2.05, 4.69) is 168 Å². The molecule has 1 heterocycles. The van der Waals surface area contributed by atoms with E-state index in [0.29, 0.717) is 13.2 Å². The summed E-state index contributed by atoms with van der Waals surface area (Å²) in [5, 5.41) is 8.08. The fourth-order valence-electron chi connectivity index (χ4n) is 6.82. The number of aromatic nitrogens is 1. The summed E-state index contributed by atoms with van der Waals surface area (Å²) in [5.41, 5.74) is 0. The van der Waals surface area contributed by atoms with Gasteiger partial charge < -0.3 is 13.8 Å². The van der Waals surface area contributed by atoms with Crippen molar-refractivity contribution in [2.45, 2.75) is 51.6 Å². The Balaban J connectivity index is 1.42. The summed E-state index contributed by atoms with van der Waals surface area (Å²) in [6, 6.07) is 43.5. The Labute approximate surface area is 282 Å². The lowest BCUT2D eigenvalue weighted by atomic mass is 10.2. The Morgan fingerprint density at radius 3 is 1.13 bits per heavy atom. The van der Waals surface area contributed by atoms with Gasteiger partial charge in [0.05, 0.1) is 13.2 Å². The van der Waals surface area contributed by atoms with Crippen molar-refractivity contribution in [1.82, 2.24) is 4.98 Å². The second kappa shape index (κ2) is 14.6. The Morgan fingerprint density at radius 2 is 0.870 bits per heavy atom. The van der Waals surface area contributed by atoms with Gasteiger partial charge in [0, 0.05) is 24.7 Å². The van der Waals surface area contributed by atoms with Gasteiger partial charge in [-0.1, -0.05) is 163 Å². The van der Waals surface area contributed by atoms with Crippen LogP contribution in [0.2, 0.25) is 10.1 Å². The number of hydrogen-bond donors (Lipinski definition) is 0. The zero-order chi connectivity index (χ0) is 32.7. The first kappa shape index (κ1) is 34.0. The smallest absolute Gasteiger partial charge is 0.261 e. The topological polar surface area (TPSA) is 34.6 Å². The predicted octanol–water partition coefficient (Wildman–Crippen LogP) is 7.10. The highest BCUT2D eigenvalue weighted by molar-refractivity contribution is 7.13. The number of benzene rings is 4.